The first-order valence-electron chi connectivity index (χ1n) is 9.22. The smallest absolute Gasteiger partial charge is 0.316 e. The van der Waals surface area contributed by atoms with Crippen molar-refractivity contribution in [3.63, 3.8) is 0 Å². The van der Waals surface area contributed by atoms with Crippen LogP contribution >= 0.6 is 0 Å². The molecule has 0 amide bonds. The highest BCUT2D eigenvalue weighted by molar-refractivity contribution is 5.90. The maximum atomic E-state index is 14.3. The quantitative estimate of drug-likeness (QED) is 0.325. The van der Waals surface area contributed by atoms with Crippen LogP contribution in [0.4, 0.5) is 18.9 Å². The third-order valence-corrected chi connectivity index (χ3v) is 4.46. The van der Waals surface area contributed by atoms with Gasteiger partial charge in [0.05, 0.1) is 11.3 Å². The highest BCUT2D eigenvalue weighted by Gasteiger charge is 2.24. The maximum Gasteiger partial charge on any atom is 0.316 e. The highest BCUT2D eigenvalue weighted by atomic mass is 19.1. The average Bonchev–Trinajstić information content (AvgIpc) is 3.27. The van der Waals surface area contributed by atoms with Crippen molar-refractivity contribution >= 4 is 17.1 Å². The maximum absolute atomic E-state index is 14.3. The molecule has 0 saturated heterocycles. The van der Waals surface area contributed by atoms with Gasteiger partial charge in [0.1, 0.15) is 23.1 Å². The van der Waals surface area contributed by atoms with Gasteiger partial charge < -0.3 is 9.84 Å². The lowest BCUT2D eigenvalue weighted by molar-refractivity contribution is -0.576. The molecule has 0 spiro atoms. The van der Waals surface area contributed by atoms with Crippen molar-refractivity contribution in [3.8, 4) is 11.4 Å². The van der Waals surface area contributed by atoms with Gasteiger partial charge in [-0.1, -0.05) is 47.6 Å². The third-order valence-electron chi connectivity index (χ3n) is 4.46. The summed E-state index contributed by atoms with van der Waals surface area (Å²) < 4.78 is 47.2. The summed E-state index contributed by atoms with van der Waals surface area (Å²) in [6.07, 6.45) is 0. The minimum atomic E-state index is -0.705. The van der Waals surface area contributed by atoms with E-state index >= 15 is 0 Å². The van der Waals surface area contributed by atoms with E-state index in [2.05, 4.69) is 15.5 Å². The van der Waals surface area contributed by atoms with Crippen molar-refractivity contribution in [2.45, 2.75) is 0 Å². The summed E-state index contributed by atoms with van der Waals surface area (Å²) in [4.78, 5) is 4.18. The normalized spacial score (nSPS) is 11.9. The van der Waals surface area contributed by atoms with Gasteiger partial charge in [-0.15, -0.1) is 0 Å². The zero-order valence-electron chi connectivity index (χ0n) is 16.0. The summed E-state index contributed by atoms with van der Waals surface area (Å²) in [7, 11) is 0. The minimum absolute atomic E-state index is 0.0520. The second-order valence-electron chi connectivity index (χ2n) is 6.47. The fraction of sp³-hybridized carbons (Fsp3) is 0. The van der Waals surface area contributed by atoms with Crippen LogP contribution in [0.15, 0.2) is 77.3 Å². The zero-order chi connectivity index (χ0) is 21.8. The van der Waals surface area contributed by atoms with Gasteiger partial charge in [0.15, 0.2) is 0 Å². The molecular weight excluding hydrogens is 407 g/mol. The topological polar surface area (TPSA) is 93.6 Å². The molecule has 9 heteroatoms. The fourth-order valence-electron chi connectivity index (χ4n) is 2.97. The SMILES string of the molecule is N[NH2+]C(=C(Nc1ccccc1F)c1ccccc1)c1nc(-c2cc(F)ccc2F)no1. The number of benzene rings is 3. The highest BCUT2D eigenvalue weighted by Crippen LogP contribution is 2.27. The van der Waals surface area contributed by atoms with Crippen LogP contribution in [-0.4, -0.2) is 10.1 Å². The number of nitrogens with two attached hydrogens (primary N) is 2. The molecule has 31 heavy (non-hydrogen) atoms. The van der Waals surface area contributed by atoms with E-state index in [9.17, 15) is 13.2 Å². The number of anilines is 1. The number of rotatable bonds is 6. The molecule has 0 saturated carbocycles. The lowest BCUT2D eigenvalue weighted by Gasteiger charge is -2.13. The Morgan fingerprint density at radius 2 is 1.65 bits per heavy atom. The van der Waals surface area contributed by atoms with Crippen molar-refractivity contribution in [1.29, 1.82) is 0 Å². The predicted molar refractivity (Wildman–Crippen MR) is 109 cm³/mol. The Hall–Kier alpha value is -3.95. The number of halogens is 3. The second-order valence-corrected chi connectivity index (χ2v) is 6.47. The largest absolute Gasteiger partial charge is 0.348 e. The van der Waals surface area contributed by atoms with Crippen LogP contribution in [0.5, 0.6) is 0 Å². The van der Waals surface area contributed by atoms with Gasteiger partial charge in [-0.3, -0.25) is 0 Å². The first-order valence-corrected chi connectivity index (χ1v) is 9.22. The summed E-state index contributed by atoms with van der Waals surface area (Å²) in [6, 6.07) is 18.1. The van der Waals surface area contributed by atoms with E-state index in [1.807, 2.05) is 6.07 Å². The molecule has 4 aromatic rings. The van der Waals surface area contributed by atoms with Gasteiger partial charge in [-0.2, -0.15) is 10.8 Å². The number of quaternary nitrogens is 1. The number of hydrogen-bond acceptors (Lipinski definition) is 5. The van der Waals surface area contributed by atoms with Gasteiger partial charge in [0.2, 0.25) is 11.5 Å². The molecule has 0 fully saturated rings. The Labute approximate surface area is 175 Å². The van der Waals surface area contributed by atoms with Crippen LogP contribution in [0.25, 0.3) is 22.8 Å². The molecular formula is C22H17F3N5O+. The summed E-state index contributed by atoms with van der Waals surface area (Å²) in [6.45, 7) is 0. The lowest BCUT2D eigenvalue weighted by atomic mass is 10.1. The number of nitrogens with one attached hydrogen (secondary N) is 1. The molecule has 4 rings (SSSR count). The fourth-order valence-corrected chi connectivity index (χ4v) is 2.97. The molecule has 6 nitrogen and oxygen atoms in total. The molecule has 1 heterocycles. The van der Waals surface area contributed by atoms with Gasteiger partial charge in [-0.25, -0.2) is 18.6 Å². The molecule has 0 unspecified atom stereocenters. The van der Waals surface area contributed by atoms with E-state index in [0.29, 0.717) is 11.3 Å². The number of para-hydroxylation sites is 1. The minimum Gasteiger partial charge on any atom is -0.348 e. The average molecular weight is 424 g/mol. The summed E-state index contributed by atoms with van der Waals surface area (Å²) in [5.74, 6) is 3.84. The Morgan fingerprint density at radius 1 is 0.903 bits per heavy atom. The summed E-state index contributed by atoms with van der Waals surface area (Å²) in [5, 5.41) is 6.77. The molecule has 5 N–H and O–H groups in total. The van der Waals surface area contributed by atoms with Crippen LogP contribution < -0.4 is 16.6 Å². The van der Waals surface area contributed by atoms with Crippen LogP contribution in [0, 0.1) is 17.5 Å². The lowest BCUT2D eigenvalue weighted by Crippen LogP contribution is -2.88. The molecule has 0 aliphatic carbocycles. The van der Waals surface area contributed by atoms with Gasteiger partial charge in [0.25, 0.3) is 0 Å². The third kappa shape index (κ3) is 4.32. The van der Waals surface area contributed by atoms with E-state index in [1.165, 1.54) is 11.5 Å². The first kappa shape index (κ1) is 20.3. The van der Waals surface area contributed by atoms with Crippen LogP contribution in [-0.2, 0) is 0 Å². The van der Waals surface area contributed by atoms with E-state index < -0.39 is 17.5 Å². The monoisotopic (exact) mass is 424 g/mol. The second kappa shape index (κ2) is 8.82. The van der Waals surface area contributed by atoms with Gasteiger partial charge >= 0.3 is 5.89 Å². The van der Waals surface area contributed by atoms with Gasteiger partial charge in [0, 0.05) is 5.56 Å². The van der Waals surface area contributed by atoms with E-state index in [0.717, 1.165) is 18.2 Å². The molecule has 0 aliphatic rings. The Balaban J connectivity index is 1.83. The number of hydrogen-bond donors (Lipinski definition) is 3. The zero-order valence-corrected chi connectivity index (χ0v) is 16.0. The first-order chi connectivity index (χ1) is 15.1. The van der Waals surface area contributed by atoms with Crippen LogP contribution in [0.3, 0.4) is 0 Å². The van der Waals surface area contributed by atoms with Crippen molar-refractivity contribution < 1.29 is 23.1 Å². The predicted octanol–water partition coefficient (Wildman–Crippen LogP) is 3.53. The number of aromatic nitrogens is 2. The molecule has 1 aromatic heterocycles. The van der Waals surface area contributed by atoms with Crippen molar-refractivity contribution in [1.82, 2.24) is 10.1 Å². The van der Waals surface area contributed by atoms with E-state index in [1.54, 1.807) is 42.5 Å². The number of nitrogens with zero attached hydrogens (tertiary/aromatic N) is 2. The standard InChI is InChI=1S/C22H16F3N5O/c23-14-10-11-16(24)15(12-14)21-28-22(31-30-21)20(29-26)19(13-6-2-1-3-7-13)27-18-9-5-4-8-17(18)25/h1-12,27,29H,26H2/p+1. The van der Waals surface area contributed by atoms with Crippen LogP contribution in [0.1, 0.15) is 11.5 Å². The Kier molecular flexibility index (Phi) is 5.78. The molecule has 0 aliphatic heterocycles. The summed E-state index contributed by atoms with van der Waals surface area (Å²) >= 11 is 0. The van der Waals surface area contributed by atoms with Crippen molar-refractivity contribution in [2.75, 3.05) is 5.32 Å². The Bertz CT molecular complexity index is 1240. The van der Waals surface area contributed by atoms with Gasteiger partial charge in [-0.05, 0) is 30.3 Å². The van der Waals surface area contributed by atoms with E-state index in [-0.39, 0.29) is 28.7 Å². The van der Waals surface area contributed by atoms with Crippen molar-refractivity contribution in [2.24, 2.45) is 5.84 Å². The molecule has 0 bridgehead atoms. The van der Waals surface area contributed by atoms with E-state index in [4.69, 9.17) is 10.4 Å². The Morgan fingerprint density at radius 3 is 2.39 bits per heavy atom. The molecule has 0 radical (unpaired) electrons. The molecule has 156 valence electrons. The van der Waals surface area contributed by atoms with Crippen molar-refractivity contribution in [3.05, 3.63) is 102 Å². The van der Waals surface area contributed by atoms with Crippen LogP contribution in [0.2, 0.25) is 0 Å². The molecule has 0 atom stereocenters. The summed E-state index contributed by atoms with van der Waals surface area (Å²) in [5.41, 5.74) is 2.58. The molecule has 3 aromatic carbocycles.